The van der Waals surface area contributed by atoms with Crippen LogP contribution in [0, 0.1) is 0 Å². The largest absolute Gasteiger partial charge is 0.479 e. The summed E-state index contributed by atoms with van der Waals surface area (Å²) in [5.41, 5.74) is 0. The van der Waals surface area contributed by atoms with Crippen molar-refractivity contribution in [2.75, 3.05) is 0 Å². The van der Waals surface area contributed by atoms with Crippen molar-refractivity contribution in [1.29, 1.82) is 0 Å². The molecule has 0 amide bonds. The number of rotatable bonds is 2. The van der Waals surface area contributed by atoms with Gasteiger partial charge in [0.1, 0.15) is 0 Å². The highest BCUT2D eigenvalue weighted by Crippen LogP contribution is 2.27. The summed E-state index contributed by atoms with van der Waals surface area (Å²) in [6, 6.07) is 0. The van der Waals surface area contributed by atoms with Gasteiger partial charge in [-0.05, 0) is 32.5 Å². The molecule has 1 aliphatic carbocycles. The zero-order valence-electron chi connectivity index (χ0n) is 11.7. The van der Waals surface area contributed by atoms with Crippen LogP contribution in [0.1, 0.15) is 25.7 Å². The minimum absolute atomic E-state index is 0.318. The van der Waals surface area contributed by atoms with E-state index in [4.69, 9.17) is 20.9 Å². The van der Waals surface area contributed by atoms with E-state index in [0.717, 1.165) is 12.8 Å². The molecule has 0 radical (unpaired) electrons. The van der Waals surface area contributed by atoms with E-state index in [9.17, 15) is 0 Å². The van der Waals surface area contributed by atoms with Gasteiger partial charge in [0.25, 0.3) is 9.28 Å². The van der Waals surface area contributed by atoms with Gasteiger partial charge in [-0.25, -0.2) is 0 Å². The lowest BCUT2D eigenvalue weighted by Gasteiger charge is -2.37. The van der Waals surface area contributed by atoms with E-state index >= 15 is 0 Å². The third-order valence-corrected chi connectivity index (χ3v) is 16.2. The highest BCUT2D eigenvalue weighted by atomic mass is 28.5. The third-order valence-electron chi connectivity index (χ3n) is 3.21. The lowest BCUT2D eigenvalue weighted by molar-refractivity contribution is 0.0951. The van der Waals surface area contributed by atoms with Crippen LogP contribution in [0.2, 0.25) is 26.2 Å². The summed E-state index contributed by atoms with van der Waals surface area (Å²) in [6.45, 7) is 8.12. The summed E-state index contributed by atoms with van der Waals surface area (Å²) in [7, 11) is -7.42. The first-order valence-electron chi connectivity index (χ1n) is 6.81. The Bertz CT molecular complexity index is 262. The Kier molecular flexibility index (Phi) is 5.37. The molecule has 1 saturated carbocycles. The molecule has 0 bridgehead atoms. The number of hydrogen-bond acceptors (Lipinski definition) is 5. The van der Waals surface area contributed by atoms with Gasteiger partial charge in [0, 0.05) is 12.7 Å². The first-order valence-corrected chi connectivity index (χ1v) is 15.3. The molecule has 1 saturated heterocycles. The highest BCUT2D eigenvalue weighted by Gasteiger charge is 2.44. The van der Waals surface area contributed by atoms with Gasteiger partial charge in [-0.2, -0.15) is 0 Å². The molecule has 9 heteroatoms. The van der Waals surface area contributed by atoms with E-state index in [2.05, 4.69) is 0 Å². The fourth-order valence-corrected chi connectivity index (χ4v) is 16.1. The Morgan fingerprint density at radius 1 is 0.944 bits per heavy atom. The third kappa shape index (κ3) is 4.35. The lowest BCUT2D eigenvalue weighted by Crippen LogP contribution is -2.56. The second kappa shape index (κ2) is 6.41. The van der Waals surface area contributed by atoms with Gasteiger partial charge in [0.05, 0.1) is 0 Å². The summed E-state index contributed by atoms with van der Waals surface area (Å²) >= 11 is 0. The van der Waals surface area contributed by atoms with E-state index in [0.29, 0.717) is 6.10 Å². The molecule has 18 heavy (non-hydrogen) atoms. The quantitative estimate of drug-likeness (QED) is 0.713. The summed E-state index contributed by atoms with van der Waals surface area (Å²) in [5, 5.41) is 0. The standard InChI is InChI=1S/C9H24O5Si4/c1-15-11-16(2)13-18(4,14-17(3)12-15)10-9-7-5-6-8-9/h9,15-17H,5-8H2,1-4H3. The first kappa shape index (κ1) is 15.1. The smallest absolute Gasteiger partial charge is 0.420 e. The Balaban J connectivity index is 1.98. The van der Waals surface area contributed by atoms with Crippen molar-refractivity contribution in [3.8, 4) is 0 Å². The normalized spacial score (nSPS) is 43.7. The minimum Gasteiger partial charge on any atom is -0.420 e. The molecule has 2 aliphatic rings. The van der Waals surface area contributed by atoms with Gasteiger partial charge >= 0.3 is 27.4 Å². The molecule has 1 aliphatic heterocycles. The minimum atomic E-state index is -2.54. The van der Waals surface area contributed by atoms with Crippen molar-refractivity contribution < 1.29 is 20.9 Å². The van der Waals surface area contributed by atoms with E-state index in [1.54, 1.807) is 0 Å². The molecule has 2 atom stereocenters. The van der Waals surface area contributed by atoms with Crippen LogP contribution in [0.3, 0.4) is 0 Å². The van der Waals surface area contributed by atoms with Crippen LogP contribution in [0.4, 0.5) is 0 Å². The van der Waals surface area contributed by atoms with Crippen LogP contribution in [-0.2, 0) is 20.9 Å². The molecule has 2 fully saturated rings. The Hall–Kier alpha value is 0.668. The van der Waals surface area contributed by atoms with Gasteiger partial charge in [-0.1, -0.05) is 12.8 Å². The summed E-state index contributed by atoms with van der Waals surface area (Å²) in [5.74, 6) is 0. The predicted octanol–water partition coefficient (Wildman–Crippen LogP) is 1.15. The van der Waals surface area contributed by atoms with Crippen molar-refractivity contribution in [2.24, 2.45) is 0 Å². The Morgan fingerprint density at radius 2 is 1.44 bits per heavy atom. The average molecular weight is 325 g/mol. The predicted molar refractivity (Wildman–Crippen MR) is 78.3 cm³/mol. The molecule has 2 unspecified atom stereocenters. The van der Waals surface area contributed by atoms with Crippen LogP contribution < -0.4 is 0 Å². The second-order valence-electron chi connectivity index (χ2n) is 5.10. The van der Waals surface area contributed by atoms with Gasteiger partial charge < -0.3 is 20.9 Å². The Morgan fingerprint density at radius 3 is 1.94 bits per heavy atom. The summed E-state index contributed by atoms with van der Waals surface area (Å²) < 4.78 is 30.1. The first-order chi connectivity index (χ1) is 8.47. The zero-order valence-corrected chi connectivity index (χ0v) is 16.1. The molecule has 0 aromatic rings. The van der Waals surface area contributed by atoms with E-state index < -0.39 is 36.7 Å². The number of hydrogen-bond donors (Lipinski definition) is 0. The van der Waals surface area contributed by atoms with E-state index in [1.165, 1.54) is 12.8 Å². The van der Waals surface area contributed by atoms with E-state index in [-0.39, 0.29) is 0 Å². The Labute approximate surface area is 116 Å². The van der Waals surface area contributed by atoms with E-state index in [1.807, 2.05) is 26.2 Å². The van der Waals surface area contributed by atoms with Crippen LogP contribution in [-0.4, -0.2) is 42.8 Å². The highest BCUT2D eigenvalue weighted by molar-refractivity contribution is 6.77. The molecular formula is C9H24O5Si4. The van der Waals surface area contributed by atoms with Crippen LogP contribution in [0.25, 0.3) is 0 Å². The molecular weight excluding hydrogens is 300 g/mol. The van der Waals surface area contributed by atoms with Crippen molar-refractivity contribution in [3.05, 3.63) is 0 Å². The van der Waals surface area contributed by atoms with Crippen LogP contribution in [0.15, 0.2) is 0 Å². The van der Waals surface area contributed by atoms with Gasteiger partial charge in [-0.3, -0.25) is 0 Å². The molecule has 106 valence electrons. The molecule has 0 spiro atoms. The second-order valence-corrected chi connectivity index (χ2v) is 14.5. The van der Waals surface area contributed by atoms with Gasteiger partial charge in [-0.15, -0.1) is 0 Å². The van der Waals surface area contributed by atoms with Crippen molar-refractivity contribution in [3.63, 3.8) is 0 Å². The van der Waals surface area contributed by atoms with Crippen LogP contribution in [0.5, 0.6) is 0 Å². The maximum Gasteiger partial charge on any atom is 0.479 e. The molecule has 0 N–H and O–H groups in total. The molecule has 0 aromatic heterocycles. The van der Waals surface area contributed by atoms with Crippen molar-refractivity contribution in [2.45, 2.75) is 58.0 Å². The zero-order chi connectivity index (χ0) is 13.2. The lowest BCUT2D eigenvalue weighted by atomic mass is 10.3. The monoisotopic (exact) mass is 324 g/mol. The van der Waals surface area contributed by atoms with Crippen LogP contribution >= 0.6 is 0 Å². The summed E-state index contributed by atoms with van der Waals surface area (Å²) in [6.07, 6.45) is 5.10. The SMILES string of the molecule is C[SiH]1O[SiH](C)O[Si](C)(OC2CCCC2)O[SiH](C)O1. The summed E-state index contributed by atoms with van der Waals surface area (Å²) in [4.78, 5) is 0. The molecule has 0 aromatic carbocycles. The molecule has 5 nitrogen and oxygen atoms in total. The fraction of sp³-hybridized carbons (Fsp3) is 1.00. The fourth-order valence-electron chi connectivity index (χ4n) is 2.62. The molecule has 1 heterocycles. The topological polar surface area (TPSA) is 46.2 Å². The van der Waals surface area contributed by atoms with Crippen molar-refractivity contribution >= 4 is 36.7 Å². The average Bonchev–Trinajstić information content (AvgIpc) is 2.65. The maximum absolute atomic E-state index is 6.17. The molecule has 2 rings (SSSR count). The van der Waals surface area contributed by atoms with Gasteiger partial charge in [0.2, 0.25) is 0 Å². The van der Waals surface area contributed by atoms with Gasteiger partial charge in [0.15, 0.2) is 0 Å². The van der Waals surface area contributed by atoms with Crippen molar-refractivity contribution in [1.82, 2.24) is 0 Å². The maximum atomic E-state index is 6.17.